The second-order valence-corrected chi connectivity index (χ2v) is 4.58. The van der Waals surface area contributed by atoms with Gasteiger partial charge in [-0.1, -0.05) is 0 Å². The number of nitrogens with zero attached hydrogens (tertiary/aromatic N) is 1. The van der Waals surface area contributed by atoms with Crippen molar-refractivity contribution < 1.29 is 23.1 Å². The molecule has 1 fully saturated rings. The van der Waals surface area contributed by atoms with E-state index in [1.807, 2.05) is 0 Å². The average molecular weight is 259 g/mol. The summed E-state index contributed by atoms with van der Waals surface area (Å²) in [5, 5.41) is 8.82. The SMILES string of the molecule is O=C(O)C[C@@H](c1ccncc1)C1(C(F)(F)F)CC1. The summed E-state index contributed by atoms with van der Waals surface area (Å²) >= 11 is 0. The minimum absolute atomic E-state index is 0.00320. The zero-order valence-corrected chi connectivity index (χ0v) is 9.44. The van der Waals surface area contributed by atoms with Crippen LogP contribution in [0.15, 0.2) is 24.5 Å². The molecule has 6 heteroatoms. The first-order valence-electron chi connectivity index (χ1n) is 5.55. The molecule has 0 bridgehead atoms. The predicted molar refractivity (Wildman–Crippen MR) is 57.0 cm³/mol. The second-order valence-electron chi connectivity index (χ2n) is 4.58. The first-order chi connectivity index (χ1) is 8.37. The molecular formula is C12H12F3NO2. The van der Waals surface area contributed by atoms with E-state index in [4.69, 9.17) is 5.11 Å². The highest BCUT2D eigenvalue weighted by molar-refractivity contribution is 5.68. The van der Waals surface area contributed by atoms with E-state index >= 15 is 0 Å². The van der Waals surface area contributed by atoms with Crippen LogP contribution in [-0.2, 0) is 4.79 Å². The van der Waals surface area contributed by atoms with Gasteiger partial charge in [0, 0.05) is 18.3 Å². The van der Waals surface area contributed by atoms with Gasteiger partial charge in [0.1, 0.15) is 0 Å². The number of alkyl halides is 3. The summed E-state index contributed by atoms with van der Waals surface area (Å²) in [5.74, 6) is -2.25. The van der Waals surface area contributed by atoms with Gasteiger partial charge in [-0.2, -0.15) is 13.2 Å². The van der Waals surface area contributed by atoms with Crippen LogP contribution in [0.2, 0.25) is 0 Å². The number of carboxylic acids is 1. The molecule has 0 spiro atoms. The number of carbonyl (C=O) groups is 1. The maximum Gasteiger partial charge on any atom is 0.395 e. The van der Waals surface area contributed by atoms with Crippen molar-refractivity contribution in [2.45, 2.75) is 31.4 Å². The second kappa shape index (κ2) is 4.26. The largest absolute Gasteiger partial charge is 0.481 e. The van der Waals surface area contributed by atoms with E-state index in [0.717, 1.165) is 0 Å². The van der Waals surface area contributed by atoms with Gasteiger partial charge in [0.25, 0.3) is 0 Å². The molecule has 18 heavy (non-hydrogen) atoms. The van der Waals surface area contributed by atoms with Crippen LogP contribution in [0.4, 0.5) is 13.2 Å². The smallest absolute Gasteiger partial charge is 0.395 e. The molecule has 1 saturated carbocycles. The molecular weight excluding hydrogens is 247 g/mol. The summed E-state index contributed by atoms with van der Waals surface area (Å²) in [6.45, 7) is 0. The van der Waals surface area contributed by atoms with Crippen LogP contribution in [0.5, 0.6) is 0 Å². The highest BCUT2D eigenvalue weighted by Crippen LogP contribution is 2.66. The van der Waals surface area contributed by atoms with Gasteiger partial charge in [0.15, 0.2) is 0 Å². The molecule has 0 amide bonds. The highest BCUT2D eigenvalue weighted by atomic mass is 19.4. The normalized spacial score (nSPS) is 19.3. The molecule has 0 unspecified atom stereocenters. The van der Waals surface area contributed by atoms with E-state index < -0.39 is 29.9 Å². The molecule has 2 rings (SSSR count). The minimum atomic E-state index is -4.36. The zero-order chi connectivity index (χ0) is 13.4. The Morgan fingerprint density at radius 2 is 1.94 bits per heavy atom. The third-order valence-corrected chi connectivity index (χ3v) is 3.51. The fourth-order valence-corrected chi connectivity index (χ4v) is 2.37. The quantitative estimate of drug-likeness (QED) is 0.904. The maximum atomic E-state index is 13.1. The standard InChI is InChI=1S/C12H12F3NO2/c13-12(14,15)11(3-4-11)9(7-10(17)18)8-1-5-16-6-2-8/h1-2,5-6,9H,3-4,7H2,(H,17,18)/t9-/m0/s1. The number of aromatic nitrogens is 1. The van der Waals surface area contributed by atoms with Crippen molar-refractivity contribution in [1.29, 1.82) is 0 Å². The average Bonchev–Trinajstić information content (AvgIpc) is 3.07. The van der Waals surface area contributed by atoms with Crippen LogP contribution in [0.25, 0.3) is 0 Å². The van der Waals surface area contributed by atoms with E-state index in [1.165, 1.54) is 24.5 Å². The van der Waals surface area contributed by atoms with Gasteiger partial charge in [0.05, 0.1) is 11.8 Å². The van der Waals surface area contributed by atoms with E-state index in [-0.39, 0.29) is 12.8 Å². The first kappa shape index (κ1) is 12.9. The van der Waals surface area contributed by atoms with Gasteiger partial charge >= 0.3 is 12.1 Å². The number of hydrogen-bond donors (Lipinski definition) is 1. The van der Waals surface area contributed by atoms with E-state index in [9.17, 15) is 18.0 Å². The molecule has 1 atom stereocenters. The Morgan fingerprint density at radius 1 is 1.39 bits per heavy atom. The van der Waals surface area contributed by atoms with Gasteiger partial charge in [-0.05, 0) is 30.5 Å². The Morgan fingerprint density at radius 3 is 2.33 bits per heavy atom. The van der Waals surface area contributed by atoms with Crippen molar-refractivity contribution in [3.63, 3.8) is 0 Å². The molecule has 0 saturated heterocycles. The Hall–Kier alpha value is -1.59. The minimum Gasteiger partial charge on any atom is -0.481 e. The summed E-state index contributed by atoms with van der Waals surface area (Å²) in [6, 6.07) is 2.92. The predicted octanol–water partition coefficient (Wildman–Crippen LogP) is 2.98. The molecule has 0 aliphatic heterocycles. The molecule has 1 N–H and O–H groups in total. The van der Waals surface area contributed by atoms with Gasteiger partial charge in [0.2, 0.25) is 0 Å². The highest BCUT2D eigenvalue weighted by Gasteiger charge is 2.67. The monoisotopic (exact) mass is 259 g/mol. The Labute approximate surface area is 102 Å². The Kier molecular flexibility index (Phi) is 3.04. The Balaban J connectivity index is 2.36. The van der Waals surface area contributed by atoms with Crippen LogP contribution in [0.3, 0.4) is 0 Å². The van der Waals surface area contributed by atoms with Crippen molar-refractivity contribution in [2.24, 2.45) is 5.41 Å². The topological polar surface area (TPSA) is 50.2 Å². The van der Waals surface area contributed by atoms with E-state index in [2.05, 4.69) is 4.98 Å². The molecule has 3 nitrogen and oxygen atoms in total. The number of carboxylic acid groups (broad SMARTS) is 1. The molecule has 98 valence electrons. The molecule has 0 radical (unpaired) electrons. The maximum absolute atomic E-state index is 13.1. The lowest BCUT2D eigenvalue weighted by molar-refractivity contribution is -0.195. The molecule has 1 aromatic rings. The lowest BCUT2D eigenvalue weighted by Gasteiger charge is -2.28. The van der Waals surface area contributed by atoms with Crippen molar-refractivity contribution in [3.8, 4) is 0 Å². The third kappa shape index (κ3) is 2.19. The molecule has 1 heterocycles. The van der Waals surface area contributed by atoms with Crippen LogP contribution in [0, 0.1) is 5.41 Å². The molecule has 1 aliphatic carbocycles. The number of pyridine rings is 1. The molecule has 0 aromatic carbocycles. The van der Waals surface area contributed by atoms with E-state index in [0.29, 0.717) is 5.56 Å². The molecule has 1 aromatic heterocycles. The van der Waals surface area contributed by atoms with Crippen molar-refractivity contribution in [1.82, 2.24) is 4.98 Å². The summed E-state index contributed by atoms with van der Waals surface area (Å²) < 4.78 is 39.2. The van der Waals surface area contributed by atoms with Gasteiger partial charge in [-0.25, -0.2) is 0 Å². The van der Waals surface area contributed by atoms with Gasteiger partial charge in [-0.3, -0.25) is 9.78 Å². The van der Waals surface area contributed by atoms with Gasteiger partial charge < -0.3 is 5.11 Å². The van der Waals surface area contributed by atoms with Gasteiger partial charge in [-0.15, -0.1) is 0 Å². The number of rotatable bonds is 4. The summed E-state index contributed by atoms with van der Waals surface area (Å²) in [6.07, 6.45) is -2.11. The van der Waals surface area contributed by atoms with Crippen LogP contribution < -0.4 is 0 Å². The van der Waals surface area contributed by atoms with Crippen LogP contribution in [-0.4, -0.2) is 22.2 Å². The van der Waals surface area contributed by atoms with Crippen LogP contribution >= 0.6 is 0 Å². The fraction of sp³-hybridized carbons (Fsp3) is 0.500. The molecule has 1 aliphatic rings. The first-order valence-corrected chi connectivity index (χ1v) is 5.55. The number of aliphatic carboxylic acids is 1. The summed E-state index contributed by atoms with van der Waals surface area (Å²) in [4.78, 5) is 14.5. The number of halogens is 3. The van der Waals surface area contributed by atoms with Crippen molar-refractivity contribution in [2.75, 3.05) is 0 Å². The zero-order valence-electron chi connectivity index (χ0n) is 9.44. The lowest BCUT2D eigenvalue weighted by Crippen LogP contribution is -2.32. The number of hydrogen-bond acceptors (Lipinski definition) is 2. The van der Waals surface area contributed by atoms with Crippen molar-refractivity contribution >= 4 is 5.97 Å². The lowest BCUT2D eigenvalue weighted by atomic mass is 9.80. The summed E-state index contributed by atoms with van der Waals surface area (Å²) in [5.41, 5.74) is -1.48. The van der Waals surface area contributed by atoms with E-state index in [1.54, 1.807) is 0 Å². The summed E-state index contributed by atoms with van der Waals surface area (Å²) in [7, 11) is 0. The Bertz CT molecular complexity index is 440. The fourth-order valence-electron chi connectivity index (χ4n) is 2.37. The van der Waals surface area contributed by atoms with Crippen LogP contribution in [0.1, 0.15) is 30.7 Å². The van der Waals surface area contributed by atoms with Crippen molar-refractivity contribution in [3.05, 3.63) is 30.1 Å². The third-order valence-electron chi connectivity index (χ3n) is 3.51.